The Labute approximate surface area is 164 Å². The van der Waals surface area contributed by atoms with Gasteiger partial charge >= 0.3 is 6.18 Å². The van der Waals surface area contributed by atoms with Crippen molar-refractivity contribution in [3.05, 3.63) is 77.2 Å². The molecular weight excluding hydrogens is 383 g/mol. The van der Waals surface area contributed by atoms with Crippen LogP contribution in [0.5, 0.6) is 0 Å². The fourth-order valence-electron chi connectivity index (χ4n) is 2.71. The molecule has 0 unspecified atom stereocenters. The topological polar surface area (TPSA) is 105 Å². The number of benzene rings is 1. The first-order chi connectivity index (χ1) is 13.7. The number of halogens is 3. The molecule has 0 saturated heterocycles. The molecule has 0 saturated carbocycles. The van der Waals surface area contributed by atoms with Crippen LogP contribution in [0.4, 0.5) is 19.0 Å². The minimum absolute atomic E-state index is 0.154. The number of nitrogen functional groups attached to an aromatic ring is 1. The van der Waals surface area contributed by atoms with Gasteiger partial charge in [0.15, 0.2) is 0 Å². The van der Waals surface area contributed by atoms with Gasteiger partial charge in [-0.1, -0.05) is 6.07 Å². The van der Waals surface area contributed by atoms with E-state index >= 15 is 0 Å². The van der Waals surface area contributed by atoms with Gasteiger partial charge in [0.1, 0.15) is 11.7 Å². The van der Waals surface area contributed by atoms with Crippen molar-refractivity contribution in [2.24, 2.45) is 5.73 Å². The minimum Gasteiger partial charge on any atom is -0.384 e. The predicted octanol–water partition coefficient (Wildman–Crippen LogP) is 4.01. The van der Waals surface area contributed by atoms with Crippen molar-refractivity contribution < 1.29 is 18.0 Å². The quantitative estimate of drug-likeness (QED) is 0.455. The van der Waals surface area contributed by atoms with Crippen LogP contribution in [-0.4, -0.2) is 21.7 Å². The maximum atomic E-state index is 13.4. The highest BCUT2D eigenvalue weighted by atomic mass is 19.4. The number of carbonyl (C=O) groups excluding carboxylic acids is 1. The van der Waals surface area contributed by atoms with Gasteiger partial charge < -0.3 is 11.1 Å². The normalized spacial score (nSPS) is 11.2. The van der Waals surface area contributed by atoms with E-state index in [1.807, 2.05) is 0 Å². The van der Waals surface area contributed by atoms with Gasteiger partial charge in [-0.3, -0.25) is 15.2 Å². The van der Waals surface area contributed by atoms with E-state index in [1.165, 1.54) is 30.6 Å². The number of anilines is 1. The summed E-state index contributed by atoms with van der Waals surface area (Å²) in [7, 11) is 0. The number of rotatable bonds is 4. The van der Waals surface area contributed by atoms with E-state index in [4.69, 9.17) is 11.1 Å². The number of amidine groups is 1. The van der Waals surface area contributed by atoms with Gasteiger partial charge in [-0.25, -0.2) is 4.98 Å². The van der Waals surface area contributed by atoms with Gasteiger partial charge in [0.05, 0.1) is 11.1 Å². The number of pyridine rings is 2. The van der Waals surface area contributed by atoms with E-state index in [0.29, 0.717) is 5.56 Å². The second-order valence-corrected chi connectivity index (χ2v) is 6.25. The van der Waals surface area contributed by atoms with E-state index in [-0.39, 0.29) is 28.3 Å². The number of nitrogens with zero attached hydrogens (tertiary/aromatic N) is 2. The third-order valence-corrected chi connectivity index (χ3v) is 4.24. The standard InChI is InChI=1S/C20H16F3N5O/c1-11-6-7-26-10-15(11)19(29)28-17-5-3-13(9-27-17)14-8-12(18(24)25)2-4-16(14)20(21,22)23/h2-10H,1H3,(H3,24,25)(H,27,28,29). The molecule has 0 aliphatic heterocycles. The number of nitrogens with one attached hydrogen (secondary N) is 2. The van der Waals surface area contributed by atoms with Crippen molar-refractivity contribution in [1.82, 2.24) is 9.97 Å². The first-order valence-corrected chi connectivity index (χ1v) is 8.41. The average Bonchev–Trinajstić information content (AvgIpc) is 2.67. The summed E-state index contributed by atoms with van der Waals surface area (Å²) < 4.78 is 40.1. The SMILES string of the molecule is Cc1ccncc1C(=O)Nc1ccc(-c2cc(C(=N)N)ccc2C(F)(F)F)cn1. The van der Waals surface area contributed by atoms with Crippen LogP contribution in [0.3, 0.4) is 0 Å². The number of hydrogen-bond acceptors (Lipinski definition) is 4. The number of aromatic nitrogens is 2. The Morgan fingerprint density at radius 2 is 1.90 bits per heavy atom. The van der Waals surface area contributed by atoms with Gasteiger partial charge in [0, 0.05) is 29.7 Å². The van der Waals surface area contributed by atoms with Crippen molar-refractivity contribution in [2.45, 2.75) is 13.1 Å². The lowest BCUT2D eigenvalue weighted by Gasteiger charge is -2.14. The Morgan fingerprint density at radius 3 is 2.48 bits per heavy atom. The van der Waals surface area contributed by atoms with Crippen LogP contribution in [0.1, 0.15) is 27.0 Å². The van der Waals surface area contributed by atoms with Gasteiger partial charge in [0.2, 0.25) is 0 Å². The summed E-state index contributed by atoms with van der Waals surface area (Å²) in [5.41, 5.74) is 5.81. The molecule has 0 atom stereocenters. The molecule has 0 radical (unpaired) electrons. The molecule has 2 heterocycles. The van der Waals surface area contributed by atoms with Gasteiger partial charge in [-0.2, -0.15) is 13.2 Å². The Balaban J connectivity index is 1.92. The van der Waals surface area contributed by atoms with Gasteiger partial charge in [-0.15, -0.1) is 0 Å². The van der Waals surface area contributed by atoms with E-state index in [1.54, 1.807) is 19.2 Å². The molecule has 2 aromatic heterocycles. The zero-order valence-corrected chi connectivity index (χ0v) is 15.2. The summed E-state index contributed by atoms with van der Waals surface area (Å²) in [5.74, 6) is -0.590. The summed E-state index contributed by atoms with van der Waals surface area (Å²) in [5, 5.41) is 10.0. The second kappa shape index (κ2) is 7.70. The van der Waals surface area contributed by atoms with E-state index < -0.39 is 17.6 Å². The minimum atomic E-state index is -4.59. The van der Waals surface area contributed by atoms with E-state index in [9.17, 15) is 18.0 Å². The molecule has 4 N–H and O–H groups in total. The molecule has 1 amide bonds. The first kappa shape index (κ1) is 20.0. The molecule has 9 heteroatoms. The lowest BCUT2D eigenvalue weighted by atomic mass is 9.97. The molecule has 0 bridgehead atoms. The highest BCUT2D eigenvalue weighted by molar-refractivity contribution is 6.04. The molecule has 1 aromatic carbocycles. The number of nitrogens with two attached hydrogens (primary N) is 1. The lowest BCUT2D eigenvalue weighted by Crippen LogP contribution is -2.15. The molecule has 0 fully saturated rings. The summed E-state index contributed by atoms with van der Waals surface area (Å²) in [4.78, 5) is 20.3. The van der Waals surface area contributed by atoms with Crippen LogP contribution in [0, 0.1) is 12.3 Å². The van der Waals surface area contributed by atoms with E-state index in [0.717, 1.165) is 17.7 Å². The summed E-state index contributed by atoms with van der Waals surface area (Å²) in [6.45, 7) is 1.76. The largest absolute Gasteiger partial charge is 0.417 e. The van der Waals surface area contributed by atoms with Crippen LogP contribution in [0.15, 0.2) is 55.0 Å². The number of aryl methyl sites for hydroxylation is 1. The smallest absolute Gasteiger partial charge is 0.384 e. The Bertz CT molecular complexity index is 1080. The summed E-state index contributed by atoms with van der Waals surface area (Å²) >= 11 is 0. The second-order valence-electron chi connectivity index (χ2n) is 6.25. The van der Waals surface area contributed by atoms with Crippen LogP contribution in [-0.2, 0) is 6.18 Å². The molecule has 29 heavy (non-hydrogen) atoms. The fraction of sp³-hybridized carbons (Fsp3) is 0.100. The Hall–Kier alpha value is -3.75. The highest BCUT2D eigenvalue weighted by Crippen LogP contribution is 2.37. The highest BCUT2D eigenvalue weighted by Gasteiger charge is 2.34. The Kier molecular flexibility index (Phi) is 5.31. The predicted molar refractivity (Wildman–Crippen MR) is 103 cm³/mol. The van der Waals surface area contributed by atoms with Crippen LogP contribution in [0.2, 0.25) is 0 Å². The number of hydrogen-bond donors (Lipinski definition) is 3. The van der Waals surface area contributed by atoms with Crippen molar-refractivity contribution in [2.75, 3.05) is 5.32 Å². The molecule has 6 nitrogen and oxygen atoms in total. The number of alkyl halides is 3. The number of amides is 1. The van der Waals surface area contributed by atoms with Crippen molar-refractivity contribution in [1.29, 1.82) is 5.41 Å². The monoisotopic (exact) mass is 399 g/mol. The molecule has 3 rings (SSSR count). The average molecular weight is 399 g/mol. The number of carbonyl (C=O) groups is 1. The molecule has 148 valence electrons. The van der Waals surface area contributed by atoms with Crippen molar-refractivity contribution in [3.8, 4) is 11.1 Å². The molecule has 0 spiro atoms. The van der Waals surface area contributed by atoms with Crippen LogP contribution < -0.4 is 11.1 Å². The van der Waals surface area contributed by atoms with E-state index in [2.05, 4.69) is 15.3 Å². The first-order valence-electron chi connectivity index (χ1n) is 8.41. The molecule has 0 aliphatic carbocycles. The lowest BCUT2D eigenvalue weighted by molar-refractivity contribution is -0.137. The third-order valence-electron chi connectivity index (χ3n) is 4.24. The van der Waals surface area contributed by atoms with Crippen molar-refractivity contribution >= 4 is 17.6 Å². The molecular formula is C20H16F3N5O. The maximum Gasteiger partial charge on any atom is 0.417 e. The third kappa shape index (κ3) is 4.40. The van der Waals surface area contributed by atoms with Crippen LogP contribution in [0.25, 0.3) is 11.1 Å². The van der Waals surface area contributed by atoms with Gasteiger partial charge in [0.25, 0.3) is 5.91 Å². The molecule has 3 aromatic rings. The Morgan fingerprint density at radius 1 is 1.14 bits per heavy atom. The summed E-state index contributed by atoms with van der Waals surface area (Å²) in [6, 6.07) is 7.72. The summed E-state index contributed by atoms with van der Waals surface area (Å²) in [6.07, 6.45) is -0.385. The maximum absolute atomic E-state index is 13.4. The van der Waals surface area contributed by atoms with Gasteiger partial charge in [-0.05, 0) is 48.4 Å². The van der Waals surface area contributed by atoms with Crippen molar-refractivity contribution in [3.63, 3.8) is 0 Å². The zero-order valence-electron chi connectivity index (χ0n) is 15.2. The molecule has 0 aliphatic rings. The van der Waals surface area contributed by atoms with Crippen LogP contribution >= 0.6 is 0 Å². The fourth-order valence-corrected chi connectivity index (χ4v) is 2.71. The zero-order chi connectivity index (χ0) is 21.2.